The van der Waals surface area contributed by atoms with Crippen LogP contribution in [0.2, 0.25) is 0 Å². The van der Waals surface area contributed by atoms with Crippen LogP contribution in [0.5, 0.6) is 0 Å². The summed E-state index contributed by atoms with van der Waals surface area (Å²) in [6, 6.07) is 3.70. The van der Waals surface area contributed by atoms with Gasteiger partial charge in [-0.05, 0) is 35.0 Å². The van der Waals surface area contributed by atoms with Crippen LogP contribution < -0.4 is 5.73 Å². The number of nitrogens with two attached hydrogens (primary N) is 1. The normalized spacial score (nSPS) is 10.8. The number of nitrogen functional groups attached to an aromatic ring is 1. The van der Waals surface area contributed by atoms with Gasteiger partial charge in [0.25, 0.3) is 0 Å². The number of halogens is 1. The second-order valence-corrected chi connectivity index (χ2v) is 5.41. The van der Waals surface area contributed by atoms with E-state index in [1.54, 1.807) is 18.0 Å². The van der Waals surface area contributed by atoms with Gasteiger partial charge in [-0.2, -0.15) is 5.10 Å². The van der Waals surface area contributed by atoms with Crippen LogP contribution in [0.1, 0.15) is 11.4 Å². The fraction of sp³-hybridized carbons (Fsp3) is 0.273. The maximum absolute atomic E-state index is 5.85. The fourth-order valence-electron chi connectivity index (χ4n) is 1.50. The van der Waals surface area contributed by atoms with Crippen LogP contribution in [0.4, 0.5) is 5.69 Å². The molecule has 0 fully saturated rings. The summed E-state index contributed by atoms with van der Waals surface area (Å²) in [5, 5.41) is 5.21. The SMILES string of the molecule is Cc1nn(C)c(CSc2ncccc2N)c1Br. The van der Waals surface area contributed by atoms with Crippen LogP contribution >= 0.6 is 27.7 Å². The van der Waals surface area contributed by atoms with Gasteiger partial charge in [-0.15, -0.1) is 0 Å². The first-order valence-corrected chi connectivity index (χ1v) is 6.88. The lowest BCUT2D eigenvalue weighted by molar-refractivity contribution is 0.727. The van der Waals surface area contributed by atoms with Crippen LogP contribution in [0.3, 0.4) is 0 Å². The van der Waals surface area contributed by atoms with Gasteiger partial charge in [0.1, 0.15) is 5.03 Å². The third-order valence-electron chi connectivity index (χ3n) is 2.41. The van der Waals surface area contributed by atoms with Crippen molar-refractivity contribution in [3.63, 3.8) is 0 Å². The molecule has 90 valence electrons. The predicted octanol–water partition coefficient (Wildman–Crippen LogP) is 2.76. The Bertz CT molecular complexity index is 538. The molecule has 0 aliphatic carbocycles. The van der Waals surface area contributed by atoms with Crippen molar-refractivity contribution in [1.29, 1.82) is 0 Å². The molecular weight excluding hydrogens is 300 g/mol. The van der Waals surface area contributed by atoms with Gasteiger partial charge >= 0.3 is 0 Å². The van der Waals surface area contributed by atoms with Gasteiger partial charge in [0.05, 0.1) is 21.5 Å². The maximum atomic E-state index is 5.85. The molecule has 0 aliphatic rings. The molecular formula is C11H13BrN4S. The fourth-order valence-corrected chi connectivity index (χ4v) is 3.13. The molecule has 17 heavy (non-hydrogen) atoms. The lowest BCUT2D eigenvalue weighted by Gasteiger charge is -2.04. The van der Waals surface area contributed by atoms with Crippen LogP contribution in [-0.4, -0.2) is 14.8 Å². The summed E-state index contributed by atoms with van der Waals surface area (Å²) in [6.45, 7) is 1.98. The van der Waals surface area contributed by atoms with E-state index < -0.39 is 0 Å². The highest BCUT2D eigenvalue weighted by Gasteiger charge is 2.11. The average Bonchev–Trinajstić information content (AvgIpc) is 2.53. The smallest absolute Gasteiger partial charge is 0.119 e. The molecule has 0 unspecified atom stereocenters. The van der Waals surface area contributed by atoms with Crippen molar-refractivity contribution in [2.75, 3.05) is 5.73 Å². The third kappa shape index (κ3) is 2.63. The number of anilines is 1. The Hall–Kier alpha value is -1.01. The Morgan fingerprint density at radius 1 is 1.53 bits per heavy atom. The summed E-state index contributed by atoms with van der Waals surface area (Å²) in [4.78, 5) is 4.25. The van der Waals surface area contributed by atoms with Crippen molar-refractivity contribution < 1.29 is 0 Å². The van der Waals surface area contributed by atoms with Crippen molar-refractivity contribution in [2.24, 2.45) is 7.05 Å². The highest BCUT2D eigenvalue weighted by atomic mass is 79.9. The summed E-state index contributed by atoms with van der Waals surface area (Å²) < 4.78 is 2.94. The van der Waals surface area contributed by atoms with E-state index >= 15 is 0 Å². The molecule has 0 aliphatic heterocycles. The minimum Gasteiger partial charge on any atom is -0.397 e. The lowest BCUT2D eigenvalue weighted by atomic mass is 10.4. The molecule has 0 amide bonds. The van der Waals surface area contributed by atoms with Gasteiger partial charge in [0.15, 0.2) is 0 Å². The molecule has 4 nitrogen and oxygen atoms in total. The van der Waals surface area contributed by atoms with E-state index in [1.807, 2.05) is 30.8 Å². The van der Waals surface area contributed by atoms with Gasteiger partial charge in [-0.25, -0.2) is 4.98 Å². The first kappa shape index (κ1) is 12.4. The first-order chi connectivity index (χ1) is 8.09. The number of thioether (sulfide) groups is 1. The predicted molar refractivity (Wildman–Crippen MR) is 73.9 cm³/mol. The largest absolute Gasteiger partial charge is 0.397 e. The summed E-state index contributed by atoms with van der Waals surface area (Å²) in [7, 11) is 1.94. The number of nitrogens with zero attached hydrogens (tertiary/aromatic N) is 3. The van der Waals surface area contributed by atoms with E-state index in [2.05, 4.69) is 26.0 Å². The minimum absolute atomic E-state index is 0.715. The highest BCUT2D eigenvalue weighted by Crippen LogP contribution is 2.29. The van der Waals surface area contributed by atoms with E-state index in [0.717, 1.165) is 26.6 Å². The van der Waals surface area contributed by atoms with Crippen molar-refractivity contribution in [3.8, 4) is 0 Å². The molecule has 2 aromatic heterocycles. The van der Waals surface area contributed by atoms with E-state index in [9.17, 15) is 0 Å². The number of hydrogen-bond acceptors (Lipinski definition) is 4. The molecule has 2 rings (SSSR count). The maximum Gasteiger partial charge on any atom is 0.119 e. The van der Waals surface area contributed by atoms with Crippen LogP contribution in [-0.2, 0) is 12.8 Å². The van der Waals surface area contributed by atoms with E-state index in [0.29, 0.717) is 5.69 Å². The number of pyridine rings is 1. The molecule has 0 aromatic carbocycles. The lowest BCUT2D eigenvalue weighted by Crippen LogP contribution is -1.98. The second-order valence-electron chi connectivity index (χ2n) is 3.66. The molecule has 2 N–H and O–H groups in total. The summed E-state index contributed by atoms with van der Waals surface area (Å²) in [5.41, 5.74) is 8.70. The van der Waals surface area contributed by atoms with E-state index in [4.69, 9.17) is 5.73 Å². The monoisotopic (exact) mass is 312 g/mol. The second kappa shape index (κ2) is 5.10. The summed E-state index contributed by atoms with van der Waals surface area (Å²) >= 11 is 5.16. The Balaban J connectivity index is 2.15. The molecule has 0 saturated heterocycles. The van der Waals surface area contributed by atoms with Gasteiger partial charge in [0.2, 0.25) is 0 Å². The van der Waals surface area contributed by atoms with Gasteiger partial charge in [0, 0.05) is 19.0 Å². The van der Waals surface area contributed by atoms with Crippen molar-refractivity contribution >= 4 is 33.4 Å². The molecule has 0 saturated carbocycles. The Morgan fingerprint density at radius 2 is 2.29 bits per heavy atom. The third-order valence-corrected chi connectivity index (χ3v) is 4.47. The zero-order valence-corrected chi connectivity index (χ0v) is 12.0. The van der Waals surface area contributed by atoms with Crippen LogP contribution in [0, 0.1) is 6.92 Å². The summed E-state index contributed by atoms with van der Waals surface area (Å²) in [5.74, 6) is 0.791. The number of aryl methyl sites for hydroxylation is 2. The molecule has 2 heterocycles. The van der Waals surface area contributed by atoms with Crippen molar-refractivity contribution in [2.45, 2.75) is 17.7 Å². The minimum atomic E-state index is 0.715. The van der Waals surface area contributed by atoms with Gasteiger partial charge in [-0.1, -0.05) is 11.8 Å². The topological polar surface area (TPSA) is 56.7 Å². The zero-order chi connectivity index (χ0) is 12.4. The zero-order valence-electron chi connectivity index (χ0n) is 9.64. The molecule has 0 radical (unpaired) electrons. The van der Waals surface area contributed by atoms with Gasteiger partial charge < -0.3 is 5.73 Å². The van der Waals surface area contributed by atoms with Crippen molar-refractivity contribution in [3.05, 3.63) is 34.2 Å². The standard InChI is InChI=1S/C11H13BrN4S/c1-7-10(12)9(16(2)15-7)6-17-11-8(13)4-3-5-14-11/h3-5H,6,13H2,1-2H3. The average molecular weight is 313 g/mol. The number of aromatic nitrogens is 3. The summed E-state index contributed by atoms with van der Waals surface area (Å²) in [6.07, 6.45) is 1.75. The number of hydrogen-bond donors (Lipinski definition) is 1. The highest BCUT2D eigenvalue weighted by molar-refractivity contribution is 9.10. The molecule has 0 bridgehead atoms. The molecule has 0 atom stereocenters. The van der Waals surface area contributed by atoms with Crippen LogP contribution in [0.15, 0.2) is 27.8 Å². The quantitative estimate of drug-likeness (QED) is 0.885. The Morgan fingerprint density at radius 3 is 2.88 bits per heavy atom. The Labute approximate surface area is 113 Å². The molecule has 0 spiro atoms. The Kier molecular flexibility index (Phi) is 3.73. The van der Waals surface area contributed by atoms with Crippen molar-refractivity contribution in [1.82, 2.24) is 14.8 Å². The molecule has 2 aromatic rings. The van der Waals surface area contributed by atoms with Crippen LogP contribution in [0.25, 0.3) is 0 Å². The molecule has 6 heteroatoms. The van der Waals surface area contributed by atoms with E-state index in [-0.39, 0.29) is 0 Å². The first-order valence-electron chi connectivity index (χ1n) is 5.11. The number of rotatable bonds is 3. The van der Waals surface area contributed by atoms with E-state index in [1.165, 1.54) is 0 Å². The van der Waals surface area contributed by atoms with Gasteiger partial charge in [-0.3, -0.25) is 4.68 Å².